The molecule has 0 aliphatic carbocycles. The second-order valence-electron chi connectivity index (χ2n) is 2.19. The molecule has 0 aliphatic heterocycles. The van der Waals surface area contributed by atoms with Crippen molar-refractivity contribution in [2.75, 3.05) is 0 Å². The molecule has 0 aromatic carbocycles. The summed E-state index contributed by atoms with van der Waals surface area (Å²) in [5.41, 5.74) is 0. The van der Waals surface area contributed by atoms with E-state index in [9.17, 15) is 13.2 Å². The quantitative estimate of drug-likeness (QED) is 0.518. The lowest BCUT2D eigenvalue weighted by atomic mass is 10.1. The summed E-state index contributed by atoms with van der Waals surface area (Å²) >= 11 is 4.97. The smallest absolute Gasteiger partial charge is 0.169 e. The van der Waals surface area contributed by atoms with E-state index >= 15 is 0 Å². The highest BCUT2D eigenvalue weighted by molar-refractivity contribution is 6.21. The highest BCUT2D eigenvalue weighted by atomic mass is 35.5. The molecule has 0 amide bonds. The summed E-state index contributed by atoms with van der Waals surface area (Å²) in [4.78, 5) is 0. The van der Waals surface area contributed by atoms with Gasteiger partial charge < -0.3 is 0 Å². The van der Waals surface area contributed by atoms with Crippen molar-refractivity contribution in [3.63, 3.8) is 0 Å². The number of rotatable bonds is 1. The third-order valence-corrected chi connectivity index (χ3v) is 1.65. The molecule has 0 saturated carbocycles. The molecule has 1 unspecified atom stereocenters. The fourth-order valence-corrected chi connectivity index (χ4v) is 0.378. The van der Waals surface area contributed by atoms with Crippen LogP contribution in [0.4, 0.5) is 13.2 Å². The summed E-state index contributed by atoms with van der Waals surface area (Å²) in [5.74, 6) is -0.549. The Balaban J connectivity index is 3.88. The van der Waals surface area contributed by atoms with Crippen LogP contribution in [0.1, 0.15) is 13.8 Å². The first kappa shape index (κ1) is 9.08. The minimum absolute atomic E-state index is 0.549. The van der Waals surface area contributed by atoms with Gasteiger partial charge in [0.05, 0.1) is 0 Å². The van der Waals surface area contributed by atoms with Crippen molar-refractivity contribution in [3.05, 3.63) is 0 Å². The Kier molecular flexibility index (Phi) is 2.80. The van der Waals surface area contributed by atoms with Gasteiger partial charge in [0.25, 0.3) is 0 Å². The van der Waals surface area contributed by atoms with Gasteiger partial charge in [0.1, 0.15) is 5.38 Å². The van der Waals surface area contributed by atoms with E-state index in [-0.39, 0.29) is 0 Å². The monoisotopic (exact) mass is 160 g/mol. The van der Waals surface area contributed by atoms with Crippen LogP contribution in [0.15, 0.2) is 0 Å². The highest BCUT2D eigenvalue weighted by Gasteiger charge is 2.39. The van der Waals surface area contributed by atoms with Gasteiger partial charge in [-0.15, -0.1) is 11.6 Å². The minimum atomic E-state index is -4.25. The molecule has 0 aromatic rings. The summed E-state index contributed by atoms with van der Waals surface area (Å²) in [6.07, 6.45) is -4.25. The maximum atomic E-state index is 11.6. The zero-order valence-corrected chi connectivity index (χ0v) is 5.92. The Labute approximate surface area is 57.0 Å². The largest absolute Gasteiger partial charge is 0.405 e. The fraction of sp³-hybridized carbons (Fsp3) is 1.00. The summed E-state index contributed by atoms with van der Waals surface area (Å²) in [7, 11) is 0. The molecular weight excluding hydrogens is 153 g/mol. The van der Waals surface area contributed by atoms with Crippen LogP contribution in [0.3, 0.4) is 0 Å². The Morgan fingerprint density at radius 2 is 1.56 bits per heavy atom. The summed E-state index contributed by atoms with van der Waals surface area (Å²) in [6.45, 7) is 2.87. The summed E-state index contributed by atoms with van der Waals surface area (Å²) in [6, 6.07) is 0. The number of hydrogen-bond donors (Lipinski definition) is 0. The lowest BCUT2D eigenvalue weighted by Gasteiger charge is -2.15. The second kappa shape index (κ2) is 2.78. The Hall–Kier alpha value is 0.0800. The Morgan fingerprint density at radius 1 is 1.22 bits per heavy atom. The van der Waals surface area contributed by atoms with Crippen LogP contribution in [-0.4, -0.2) is 11.6 Å². The Bertz CT molecular complexity index is 86.7. The molecular formula is C5H8ClF3. The molecule has 0 nitrogen and oxygen atoms in total. The lowest BCUT2D eigenvalue weighted by Crippen LogP contribution is -2.27. The van der Waals surface area contributed by atoms with E-state index in [4.69, 9.17) is 11.6 Å². The molecule has 0 rings (SSSR count). The van der Waals surface area contributed by atoms with Gasteiger partial charge in [-0.2, -0.15) is 13.2 Å². The fourth-order valence-electron chi connectivity index (χ4n) is 0.378. The molecule has 56 valence electrons. The van der Waals surface area contributed by atoms with Crippen LogP contribution in [0, 0.1) is 5.92 Å². The average molecular weight is 161 g/mol. The van der Waals surface area contributed by atoms with Crippen LogP contribution in [0.5, 0.6) is 0 Å². The Morgan fingerprint density at radius 3 is 1.56 bits per heavy atom. The van der Waals surface area contributed by atoms with Crippen molar-refractivity contribution in [2.45, 2.75) is 25.4 Å². The van der Waals surface area contributed by atoms with Gasteiger partial charge in [-0.05, 0) is 5.92 Å². The van der Waals surface area contributed by atoms with Crippen molar-refractivity contribution >= 4 is 11.6 Å². The zero-order valence-electron chi connectivity index (χ0n) is 5.17. The van der Waals surface area contributed by atoms with Crippen LogP contribution >= 0.6 is 11.6 Å². The topological polar surface area (TPSA) is 0 Å². The van der Waals surface area contributed by atoms with Gasteiger partial charge in [0.2, 0.25) is 0 Å². The van der Waals surface area contributed by atoms with Crippen LogP contribution in [-0.2, 0) is 0 Å². The van der Waals surface area contributed by atoms with Crippen LogP contribution in [0.25, 0.3) is 0 Å². The lowest BCUT2D eigenvalue weighted by molar-refractivity contribution is -0.137. The standard InChI is InChI=1S/C5H8ClF3/c1-3(2)4(6)5(7,8)9/h3-4H,1-2H3. The molecule has 0 aromatic heterocycles. The molecule has 0 radical (unpaired) electrons. The van der Waals surface area contributed by atoms with Crippen molar-refractivity contribution in [1.29, 1.82) is 0 Å². The molecule has 0 fully saturated rings. The van der Waals surface area contributed by atoms with Gasteiger partial charge in [0, 0.05) is 0 Å². The van der Waals surface area contributed by atoms with Crippen molar-refractivity contribution < 1.29 is 13.2 Å². The summed E-state index contributed by atoms with van der Waals surface area (Å²) < 4.78 is 34.7. The van der Waals surface area contributed by atoms with Crippen LogP contribution in [0.2, 0.25) is 0 Å². The molecule has 0 heterocycles. The van der Waals surface area contributed by atoms with E-state index in [0.29, 0.717) is 0 Å². The molecule has 4 heteroatoms. The molecule has 0 saturated heterocycles. The number of halogens is 4. The third kappa shape index (κ3) is 2.94. The summed E-state index contributed by atoms with van der Waals surface area (Å²) in [5, 5.41) is -1.71. The normalized spacial score (nSPS) is 16.3. The van der Waals surface area contributed by atoms with Gasteiger partial charge >= 0.3 is 6.18 Å². The predicted octanol–water partition coefficient (Wildman–Crippen LogP) is 2.81. The first-order chi connectivity index (χ1) is 3.85. The average Bonchev–Trinajstić information content (AvgIpc) is 1.62. The predicted molar refractivity (Wildman–Crippen MR) is 30.5 cm³/mol. The molecule has 9 heavy (non-hydrogen) atoms. The SMILES string of the molecule is CC(C)C(Cl)C(F)(F)F. The third-order valence-electron chi connectivity index (χ3n) is 0.898. The van der Waals surface area contributed by atoms with E-state index in [1.165, 1.54) is 13.8 Å². The second-order valence-corrected chi connectivity index (χ2v) is 2.66. The van der Waals surface area contributed by atoms with Crippen molar-refractivity contribution in [2.24, 2.45) is 5.92 Å². The van der Waals surface area contributed by atoms with Gasteiger partial charge in [-0.25, -0.2) is 0 Å². The van der Waals surface area contributed by atoms with Gasteiger partial charge in [-0.1, -0.05) is 13.8 Å². The molecule has 0 N–H and O–H groups in total. The van der Waals surface area contributed by atoms with E-state index < -0.39 is 17.5 Å². The van der Waals surface area contributed by atoms with E-state index in [1.54, 1.807) is 0 Å². The molecule has 0 aliphatic rings. The molecule has 0 spiro atoms. The van der Waals surface area contributed by atoms with Gasteiger partial charge in [0.15, 0.2) is 0 Å². The zero-order chi connectivity index (χ0) is 7.65. The maximum absolute atomic E-state index is 11.6. The van der Waals surface area contributed by atoms with Crippen LogP contribution < -0.4 is 0 Å². The van der Waals surface area contributed by atoms with E-state index in [1.807, 2.05) is 0 Å². The van der Waals surface area contributed by atoms with Crippen molar-refractivity contribution in [3.8, 4) is 0 Å². The minimum Gasteiger partial charge on any atom is -0.169 e. The number of hydrogen-bond acceptors (Lipinski definition) is 0. The van der Waals surface area contributed by atoms with Gasteiger partial charge in [-0.3, -0.25) is 0 Å². The first-order valence-corrected chi connectivity index (χ1v) is 3.00. The van der Waals surface area contributed by atoms with E-state index in [2.05, 4.69) is 0 Å². The first-order valence-electron chi connectivity index (χ1n) is 2.56. The number of alkyl halides is 4. The highest BCUT2D eigenvalue weighted by Crippen LogP contribution is 2.29. The molecule has 1 atom stereocenters. The van der Waals surface area contributed by atoms with Crippen molar-refractivity contribution in [1.82, 2.24) is 0 Å². The van der Waals surface area contributed by atoms with E-state index in [0.717, 1.165) is 0 Å². The maximum Gasteiger partial charge on any atom is 0.405 e. The molecule has 0 bridgehead atoms.